The van der Waals surface area contributed by atoms with Gasteiger partial charge in [0.25, 0.3) is 0 Å². The number of anilines is 1. The summed E-state index contributed by atoms with van der Waals surface area (Å²) in [5.41, 5.74) is 3.06. The summed E-state index contributed by atoms with van der Waals surface area (Å²) in [5, 5.41) is 14.8. The quantitative estimate of drug-likeness (QED) is 0.476. The minimum atomic E-state index is -0.299. The third-order valence-corrected chi connectivity index (χ3v) is 7.13. The van der Waals surface area contributed by atoms with Gasteiger partial charge in [-0.15, -0.1) is 11.3 Å². The first-order chi connectivity index (χ1) is 16.4. The van der Waals surface area contributed by atoms with E-state index in [1.165, 1.54) is 17.0 Å². The van der Waals surface area contributed by atoms with Crippen molar-refractivity contribution in [3.8, 4) is 6.07 Å². The number of thiophene rings is 1. The fourth-order valence-electron chi connectivity index (χ4n) is 4.36. The van der Waals surface area contributed by atoms with Crippen LogP contribution in [0.3, 0.4) is 0 Å². The van der Waals surface area contributed by atoms with Crippen molar-refractivity contribution in [1.82, 2.24) is 9.47 Å². The lowest BCUT2D eigenvalue weighted by molar-refractivity contribution is -0.117. The van der Waals surface area contributed by atoms with E-state index >= 15 is 0 Å². The normalized spacial score (nSPS) is 15.6. The number of nitrogens with zero attached hydrogens (tertiary/aromatic N) is 3. The highest BCUT2D eigenvalue weighted by atomic mass is 32.1. The van der Waals surface area contributed by atoms with Crippen molar-refractivity contribution in [2.45, 2.75) is 45.9 Å². The molecule has 8 heteroatoms. The van der Waals surface area contributed by atoms with Crippen molar-refractivity contribution in [1.29, 1.82) is 5.26 Å². The van der Waals surface area contributed by atoms with Gasteiger partial charge in [0.1, 0.15) is 17.7 Å². The fraction of sp³-hybridized carbons (Fsp3) is 0.385. The standard InChI is InChI=1S/C26H29FN4O2S/c1-18-19(2)31(14-20-7-9-21(27)10-8-20)26(24(18)13-28)29-25(32)17-30(15-22-5-3-11-33-22)16-23-6-4-12-34-23/h4,6-10,12,22H,3,5,11,14-17H2,1-2H3,(H,29,32). The van der Waals surface area contributed by atoms with Crippen molar-refractivity contribution in [3.63, 3.8) is 0 Å². The summed E-state index contributed by atoms with van der Waals surface area (Å²) < 4.78 is 21.1. The van der Waals surface area contributed by atoms with Gasteiger partial charge in [0, 0.05) is 36.8 Å². The lowest BCUT2D eigenvalue weighted by Crippen LogP contribution is -2.38. The number of nitrogens with one attached hydrogen (secondary N) is 1. The SMILES string of the molecule is Cc1c(C#N)c(NC(=O)CN(Cc2cccs2)CC2CCCO2)n(Cc2ccc(F)cc2)c1C. The predicted octanol–water partition coefficient (Wildman–Crippen LogP) is 4.85. The van der Waals surface area contributed by atoms with Crippen LogP contribution in [-0.4, -0.2) is 41.2 Å². The van der Waals surface area contributed by atoms with Crippen molar-refractivity contribution in [2.75, 3.05) is 25.0 Å². The van der Waals surface area contributed by atoms with Crippen LogP contribution in [0.5, 0.6) is 0 Å². The molecule has 0 radical (unpaired) electrons. The molecule has 2 aromatic heterocycles. The Kier molecular flexibility index (Phi) is 7.78. The van der Waals surface area contributed by atoms with Gasteiger partial charge in [-0.05, 0) is 61.4 Å². The first kappa shape index (κ1) is 24.1. The average Bonchev–Trinajstić information content (AvgIpc) is 3.56. The maximum absolute atomic E-state index is 13.4. The molecular formula is C26H29FN4O2S. The van der Waals surface area contributed by atoms with E-state index in [1.807, 2.05) is 29.9 Å². The van der Waals surface area contributed by atoms with Gasteiger partial charge in [-0.2, -0.15) is 5.26 Å². The molecule has 1 fully saturated rings. The molecule has 1 amide bonds. The zero-order valence-electron chi connectivity index (χ0n) is 19.5. The monoisotopic (exact) mass is 480 g/mol. The highest BCUT2D eigenvalue weighted by Crippen LogP contribution is 2.27. The van der Waals surface area contributed by atoms with Crippen LogP contribution < -0.4 is 5.32 Å². The van der Waals surface area contributed by atoms with Gasteiger partial charge in [0.15, 0.2) is 0 Å². The Morgan fingerprint density at radius 3 is 2.76 bits per heavy atom. The number of carbonyl (C=O) groups is 1. The van der Waals surface area contributed by atoms with Crippen molar-refractivity contribution in [2.24, 2.45) is 0 Å². The molecule has 34 heavy (non-hydrogen) atoms. The second-order valence-corrected chi connectivity index (χ2v) is 9.72. The number of hydrogen-bond donors (Lipinski definition) is 1. The number of hydrogen-bond acceptors (Lipinski definition) is 5. The molecular weight excluding hydrogens is 451 g/mol. The summed E-state index contributed by atoms with van der Waals surface area (Å²) in [5.74, 6) is 0.0106. The smallest absolute Gasteiger partial charge is 0.239 e. The van der Waals surface area contributed by atoms with Gasteiger partial charge < -0.3 is 14.6 Å². The summed E-state index contributed by atoms with van der Waals surface area (Å²) in [4.78, 5) is 16.5. The van der Waals surface area contributed by atoms with E-state index in [1.54, 1.807) is 23.5 Å². The Hall–Kier alpha value is -2.99. The van der Waals surface area contributed by atoms with Crippen LogP contribution in [0.4, 0.5) is 10.2 Å². The van der Waals surface area contributed by atoms with E-state index in [2.05, 4.69) is 22.4 Å². The number of rotatable bonds is 9. The summed E-state index contributed by atoms with van der Waals surface area (Å²) >= 11 is 1.67. The number of nitriles is 1. The third-order valence-electron chi connectivity index (χ3n) is 6.27. The second kappa shape index (κ2) is 11.0. The Balaban J connectivity index is 1.53. The molecule has 3 heterocycles. The number of benzene rings is 1. The third kappa shape index (κ3) is 5.73. The molecule has 0 spiro atoms. The minimum Gasteiger partial charge on any atom is -0.377 e. The van der Waals surface area contributed by atoms with E-state index in [0.717, 1.165) is 36.3 Å². The predicted molar refractivity (Wildman–Crippen MR) is 131 cm³/mol. The number of halogens is 1. The molecule has 6 nitrogen and oxygen atoms in total. The van der Waals surface area contributed by atoms with Crippen LogP contribution in [0.25, 0.3) is 0 Å². The fourth-order valence-corrected chi connectivity index (χ4v) is 5.11. The molecule has 1 aliphatic rings. The Bertz CT molecular complexity index is 1160. The second-order valence-electron chi connectivity index (χ2n) is 8.69. The van der Waals surface area contributed by atoms with E-state index in [-0.39, 0.29) is 24.4 Å². The molecule has 3 aromatic rings. The van der Waals surface area contributed by atoms with Gasteiger partial charge in [-0.3, -0.25) is 9.69 Å². The highest BCUT2D eigenvalue weighted by molar-refractivity contribution is 7.09. The summed E-state index contributed by atoms with van der Waals surface area (Å²) in [7, 11) is 0. The van der Waals surface area contributed by atoms with Crippen LogP contribution in [0.2, 0.25) is 0 Å². The number of carbonyl (C=O) groups excluding carboxylic acids is 1. The Labute approximate surface area is 203 Å². The molecule has 1 atom stereocenters. The summed E-state index contributed by atoms with van der Waals surface area (Å²) in [6, 6.07) is 12.6. The van der Waals surface area contributed by atoms with E-state index < -0.39 is 0 Å². The van der Waals surface area contributed by atoms with E-state index in [9.17, 15) is 14.4 Å². The van der Waals surface area contributed by atoms with Gasteiger partial charge in [-0.25, -0.2) is 4.39 Å². The number of ether oxygens (including phenoxy) is 1. The van der Waals surface area contributed by atoms with Gasteiger partial charge in [0.05, 0.1) is 18.2 Å². The molecule has 1 aliphatic heterocycles. The van der Waals surface area contributed by atoms with Crippen LogP contribution in [0.15, 0.2) is 41.8 Å². The maximum Gasteiger partial charge on any atom is 0.239 e. The molecule has 1 saturated heterocycles. The van der Waals surface area contributed by atoms with Crippen LogP contribution in [0, 0.1) is 31.0 Å². The molecule has 0 saturated carbocycles. The summed E-state index contributed by atoms with van der Waals surface area (Å²) in [6.45, 7) is 6.56. The lowest BCUT2D eigenvalue weighted by Gasteiger charge is -2.24. The average molecular weight is 481 g/mol. The molecule has 1 aromatic carbocycles. The number of amides is 1. The molecule has 4 rings (SSSR count). The molecule has 1 N–H and O–H groups in total. The number of aromatic nitrogens is 1. The molecule has 0 bridgehead atoms. The van der Waals surface area contributed by atoms with E-state index in [0.29, 0.717) is 31.0 Å². The largest absolute Gasteiger partial charge is 0.377 e. The zero-order chi connectivity index (χ0) is 24.1. The zero-order valence-corrected chi connectivity index (χ0v) is 20.3. The van der Waals surface area contributed by atoms with Crippen LogP contribution in [-0.2, 0) is 22.6 Å². The first-order valence-corrected chi connectivity index (χ1v) is 12.3. The van der Waals surface area contributed by atoms with Crippen molar-refractivity contribution in [3.05, 3.63) is 74.9 Å². The van der Waals surface area contributed by atoms with Crippen LogP contribution in [0.1, 0.15) is 40.1 Å². The highest BCUT2D eigenvalue weighted by Gasteiger charge is 2.24. The van der Waals surface area contributed by atoms with Crippen LogP contribution >= 0.6 is 11.3 Å². The van der Waals surface area contributed by atoms with E-state index in [4.69, 9.17) is 4.74 Å². The van der Waals surface area contributed by atoms with Crippen molar-refractivity contribution >= 4 is 23.1 Å². The first-order valence-electron chi connectivity index (χ1n) is 11.4. The minimum absolute atomic E-state index is 0.134. The van der Waals surface area contributed by atoms with Gasteiger partial charge in [0.2, 0.25) is 5.91 Å². The molecule has 1 unspecified atom stereocenters. The Morgan fingerprint density at radius 2 is 2.12 bits per heavy atom. The lowest BCUT2D eigenvalue weighted by atomic mass is 10.2. The Morgan fingerprint density at radius 1 is 1.32 bits per heavy atom. The maximum atomic E-state index is 13.4. The topological polar surface area (TPSA) is 70.3 Å². The van der Waals surface area contributed by atoms with Gasteiger partial charge >= 0.3 is 0 Å². The van der Waals surface area contributed by atoms with Crippen molar-refractivity contribution < 1.29 is 13.9 Å². The summed E-state index contributed by atoms with van der Waals surface area (Å²) in [6.07, 6.45) is 2.18. The molecule has 178 valence electrons. The van der Waals surface area contributed by atoms with Gasteiger partial charge in [-0.1, -0.05) is 18.2 Å². The molecule has 0 aliphatic carbocycles.